The van der Waals surface area contributed by atoms with Gasteiger partial charge >= 0.3 is 5.97 Å². The Labute approximate surface area is 131 Å². The van der Waals surface area contributed by atoms with Crippen molar-refractivity contribution in [3.05, 3.63) is 40.8 Å². The molecular formula is C14H14N2O5S. The molecule has 0 radical (unpaired) electrons. The smallest absolute Gasteiger partial charge is 0.331 e. The highest BCUT2D eigenvalue weighted by Crippen LogP contribution is 2.26. The molecule has 2 N–H and O–H groups in total. The van der Waals surface area contributed by atoms with Crippen LogP contribution in [0.5, 0.6) is 5.75 Å². The fourth-order valence-corrected chi connectivity index (χ4v) is 2.59. The molecule has 0 spiro atoms. The highest BCUT2D eigenvalue weighted by Gasteiger charge is 2.29. The predicted octanol–water partition coefficient (Wildman–Crippen LogP) is 0.628. The van der Waals surface area contributed by atoms with E-state index in [9.17, 15) is 14.4 Å². The second-order valence-corrected chi connectivity index (χ2v) is 5.35. The lowest BCUT2D eigenvalue weighted by Gasteiger charge is -2.11. The summed E-state index contributed by atoms with van der Waals surface area (Å²) in [5.41, 5.74) is -0.209. The van der Waals surface area contributed by atoms with Crippen molar-refractivity contribution in [3.8, 4) is 5.75 Å². The van der Waals surface area contributed by atoms with E-state index >= 15 is 0 Å². The Balaban J connectivity index is 1.99. The van der Waals surface area contributed by atoms with Gasteiger partial charge in [0.25, 0.3) is 11.8 Å². The SMILES string of the molecule is COC(=O)/C=C1/S[C@H](NC(=O)c2ccc(OC)cc2)NC1=O. The molecule has 1 saturated heterocycles. The van der Waals surface area contributed by atoms with Crippen LogP contribution in [0.15, 0.2) is 35.2 Å². The second-order valence-electron chi connectivity index (χ2n) is 4.21. The summed E-state index contributed by atoms with van der Waals surface area (Å²) in [6, 6.07) is 6.55. The van der Waals surface area contributed by atoms with E-state index in [2.05, 4.69) is 15.4 Å². The van der Waals surface area contributed by atoms with E-state index in [1.807, 2.05) is 0 Å². The molecule has 2 amide bonds. The molecule has 0 bridgehead atoms. The number of esters is 1. The van der Waals surface area contributed by atoms with E-state index in [-0.39, 0.29) is 10.8 Å². The van der Waals surface area contributed by atoms with Crippen LogP contribution < -0.4 is 15.4 Å². The molecule has 0 saturated carbocycles. The molecule has 116 valence electrons. The van der Waals surface area contributed by atoms with Crippen molar-refractivity contribution in [3.63, 3.8) is 0 Å². The van der Waals surface area contributed by atoms with Gasteiger partial charge in [0.15, 0.2) is 5.50 Å². The number of hydrogen-bond acceptors (Lipinski definition) is 6. The van der Waals surface area contributed by atoms with Gasteiger partial charge < -0.3 is 20.1 Å². The van der Waals surface area contributed by atoms with Gasteiger partial charge in [0.2, 0.25) is 0 Å². The highest BCUT2D eigenvalue weighted by molar-refractivity contribution is 8.05. The lowest BCUT2D eigenvalue weighted by atomic mass is 10.2. The molecule has 1 fully saturated rings. The van der Waals surface area contributed by atoms with Gasteiger partial charge in [0, 0.05) is 11.6 Å². The lowest BCUT2D eigenvalue weighted by molar-refractivity contribution is -0.135. The molecule has 1 aromatic carbocycles. The number of methoxy groups -OCH3 is 2. The van der Waals surface area contributed by atoms with Crippen molar-refractivity contribution in [2.75, 3.05) is 14.2 Å². The number of ether oxygens (including phenoxy) is 2. The Morgan fingerprint density at radius 1 is 1.27 bits per heavy atom. The number of carbonyl (C=O) groups is 3. The number of carbonyl (C=O) groups excluding carboxylic acids is 3. The van der Waals surface area contributed by atoms with Crippen LogP contribution in [0.3, 0.4) is 0 Å². The zero-order chi connectivity index (χ0) is 16.1. The van der Waals surface area contributed by atoms with Gasteiger partial charge in [0.1, 0.15) is 5.75 Å². The van der Waals surface area contributed by atoms with E-state index < -0.39 is 17.4 Å². The number of rotatable bonds is 4. The zero-order valence-corrected chi connectivity index (χ0v) is 12.7. The first-order valence-electron chi connectivity index (χ1n) is 6.25. The molecule has 7 nitrogen and oxygen atoms in total. The van der Waals surface area contributed by atoms with Gasteiger partial charge in [-0.05, 0) is 24.3 Å². The molecule has 1 aromatic rings. The van der Waals surface area contributed by atoms with Crippen LogP contribution in [0.2, 0.25) is 0 Å². The fourth-order valence-electron chi connectivity index (χ4n) is 1.68. The summed E-state index contributed by atoms with van der Waals surface area (Å²) >= 11 is 1.04. The van der Waals surface area contributed by atoms with Gasteiger partial charge in [0.05, 0.1) is 19.1 Å². The minimum Gasteiger partial charge on any atom is -0.497 e. The Morgan fingerprint density at radius 2 is 1.95 bits per heavy atom. The number of amides is 2. The normalized spacial score (nSPS) is 18.7. The maximum absolute atomic E-state index is 12.1. The van der Waals surface area contributed by atoms with Gasteiger partial charge in [-0.25, -0.2) is 4.79 Å². The maximum Gasteiger partial charge on any atom is 0.331 e. The Hall–Kier alpha value is -2.48. The first kappa shape index (κ1) is 15.9. The van der Waals surface area contributed by atoms with Crippen LogP contribution in [-0.4, -0.2) is 37.5 Å². The molecule has 0 aromatic heterocycles. The lowest BCUT2D eigenvalue weighted by Crippen LogP contribution is -2.41. The number of thioether (sulfide) groups is 1. The summed E-state index contributed by atoms with van der Waals surface area (Å²) in [6.45, 7) is 0. The summed E-state index contributed by atoms with van der Waals surface area (Å²) in [4.78, 5) is 35.0. The zero-order valence-electron chi connectivity index (χ0n) is 11.9. The summed E-state index contributed by atoms with van der Waals surface area (Å²) in [5.74, 6) is -0.765. The molecule has 1 atom stereocenters. The molecule has 0 unspecified atom stereocenters. The quantitative estimate of drug-likeness (QED) is 0.624. The van der Waals surface area contributed by atoms with Crippen molar-refractivity contribution in [1.29, 1.82) is 0 Å². The molecule has 1 aliphatic heterocycles. The van der Waals surface area contributed by atoms with E-state index in [0.717, 1.165) is 17.8 Å². The molecule has 1 heterocycles. The van der Waals surface area contributed by atoms with E-state index in [1.54, 1.807) is 24.3 Å². The van der Waals surface area contributed by atoms with Gasteiger partial charge in [-0.1, -0.05) is 11.8 Å². The molecule has 8 heteroatoms. The van der Waals surface area contributed by atoms with Crippen molar-refractivity contribution in [2.45, 2.75) is 5.50 Å². The van der Waals surface area contributed by atoms with Crippen molar-refractivity contribution in [1.82, 2.24) is 10.6 Å². The summed E-state index contributed by atoms with van der Waals surface area (Å²) < 4.78 is 9.47. The fraction of sp³-hybridized carbons (Fsp3) is 0.214. The Kier molecular flexibility index (Phi) is 5.05. The standard InChI is InChI=1S/C14H14N2O5S/c1-20-9-5-3-8(4-6-9)12(18)15-14-16-13(19)10(22-14)7-11(17)21-2/h3-7,14H,1-2H3,(H,15,18)(H,16,19)/b10-7+/t14-/m1/s1. The third kappa shape index (κ3) is 3.79. The largest absolute Gasteiger partial charge is 0.497 e. The van der Waals surface area contributed by atoms with E-state index in [1.165, 1.54) is 14.2 Å². The minimum absolute atomic E-state index is 0.187. The molecular weight excluding hydrogens is 308 g/mol. The number of benzene rings is 1. The average Bonchev–Trinajstić information content (AvgIpc) is 2.86. The predicted molar refractivity (Wildman–Crippen MR) is 80.1 cm³/mol. The van der Waals surface area contributed by atoms with Crippen molar-refractivity contribution in [2.24, 2.45) is 0 Å². The highest BCUT2D eigenvalue weighted by atomic mass is 32.2. The van der Waals surface area contributed by atoms with Crippen molar-refractivity contribution >= 4 is 29.5 Å². The van der Waals surface area contributed by atoms with E-state index in [0.29, 0.717) is 11.3 Å². The van der Waals surface area contributed by atoms with Crippen LogP contribution >= 0.6 is 11.8 Å². The molecule has 0 aliphatic carbocycles. The molecule has 22 heavy (non-hydrogen) atoms. The van der Waals surface area contributed by atoms with Crippen LogP contribution in [0, 0.1) is 0 Å². The van der Waals surface area contributed by atoms with Crippen LogP contribution in [0.1, 0.15) is 10.4 Å². The van der Waals surface area contributed by atoms with Crippen LogP contribution in [0.25, 0.3) is 0 Å². The number of hydrogen-bond donors (Lipinski definition) is 2. The third-order valence-electron chi connectivity index (χ3n) is 2.80. The van der Waals surface area contributed by atoms with E-state index in [4.69, 9.17) is 4.74 Å². The summed E-state index contributed by atoms with van der Waals surface area (Å²) in [5, 5.41) is 5.19. The van der Waals surface area contributed by atoms with Gasteiger partial charge in [-0.2, -0.15) is 0 Å². The minimum atomic E-state index is -0.641. The Morgan fingerprint density at radius 3 is 2.55 bits per heavy atom. The molecule has 1 aliphatic rings. The van der Waals surface area contributed by atoms with Gasteiger partial charge in [-0.15, -0.1) is 0 Å². The summed E-state index contributed by atoms with van der Waals surface area (Å²) in [6.07, 6.45) is 1.08. The monoisotopic (exact) mass is 322 g/mol. The topological polar surface area (TPSA) is 93.7 Å². The average molecular weight is 322 g/mol. The van der Waals surface area contributed by atoms with Crippen LogP contribution in [-0.2, 0) is 14.3 Å². The van der Waals surface area contributed by atoms with Crippen LogP contribution in [0.4, 0.5) is 0 Å². The van der Waals surface area contributed by atoms with Crippen molar-refractivity contribution < 1.29 is 23.9 Å². The first-order chi connectivity index (χ1) is 10.5. The van der Waals surface area contributed by atoms with Gasteiger partial charge in [-0.3, -0.25) is 9.59 Å². The third-order valence-corrected chi connectivity index (χ3v) is 3.82. The number of nitrogens with one attached hydrogen (secondary N) is 2. The Bertz CT molecular complexity index is 627. The molecule has 2 rings (SSSR count). The second kappa shape index (κ2) is 6.99. The maximum atomic E-state index is 12.1. The first-order valence-corrected chi connectivity index (χ1v) is 7.13. The summed E-state index contributed by atoms with van der Waals surface area (Å²) in [7, 11) is 2.76.